The zero-order chi connectivity index (χ0) is 17.1. The van der Waals surface area contributed by atoms with Gasteiger partial charge in [0, 0.05) is 12.1 Å². The number of aryl methyl sites for hydroxylation is 1. The van der Waals surface area contributed by atoms with Crippen LogP contribution in [0.2, 0.25) is 0 Å². The maximum atomic E-state index is 4.78. The molecule has 0 spiro atoms. The summed E-state index contributed by atoms with van der Waals surface area (Å²) >= 11 is 0. The summed E-state index contributed by atoms with van der Waals surface area (Å²) in [5, 5.41) is 8.73. The number of rotatable bonds is 3. The van der Waals surface area contributed by atoms with E-state index in [1.54, 1.807) is 0 Å². The highest BCUT2D eigenvalue weighted by molar-refractivity contribution is 5.97. The van der Waals surface area contributed by atoms with Crippen molar-refractivity contribution >= 4 is 17.2 Å². The fraction of sp³-hybridized carbons (Fsp3) is 0.100. The Labute approximate surface area is 147 Å². The highest BCUT2D eigenvalue weighted by Gasteiger charge is 2.27. The second-order valence-corrected chi connectivity index (χ2v) is 5.83. The standard InChI is InChI=1S/C20H19N5/c1-23-15-9-8-14-19(23)20-21-24(17-10-4-2-5-11-17)16-25(22-20)18-12-6-3-7-13-18/h2-15H,16H2,1H3/q+1. The Kier molecular flexibility index (Phi) is 4.04. The van der Waals surface area contributed by atoms with Gasteiger partial charge in [-0.3, -0.25) is 0 Å². The van der Waals surface area contributed by atoms with E-state index in [2.05, 4.69) is 24.3 Å². The summed E-state index contributed by atoms with van der Waals surface area (Å²) in [5.74, 6) is 0.682. The number of amidine groups is 1. The van der Waals surface area contributed by atoms with Crippen LogP contribution in [-0.4, -0.2) is 12.5 Å². The van der Waals surface area contributed by atoms with Gasteiger partial charge >= 0.3 is 0 Å². The van der Waals surface area contributed by atoms with Gasteiger partial charge in [0.1, 0.15) is 13.7 Å². The van der Waals surface area contributed by atoms with Crippen LogP contribution in [0.3, 0.4) is 0 Å². The van der Waals surface area contributed by atoms with Gasteiger partial charge < -0.3 is 0 Å². The molecule has 123 valence electrons. The van der Waals surface area contributed by atoms with Gasteiger partial charge in [-0.25, -0.2) is 10.0 Å². The second-order valence-electron chi connectivity index (χ2n) is 5.83. The van der Waals surface area contributed by atoms with Crippen molar-refractivity contribution in [3.8, 4) is 0 Å². The number of anilines is 2. The van der Waals surface area contributed by atoms with Crippen LogP contribution in [0.4, 0.5) is 11.4 Å². The Morgan fingerprint density at radius 2 is 1.36 bits per heavy atom. The van der Waals surface area contributed by atoms with Crippen LogP contribution >= 0.6 is 0 Å². The first-order valence-corrected chi connectivity index (χ1v) is 8.22. The van der Waals surface area contributed by atoms with E-state index in [1.165, 1.54) is 0 Å². The third kappa shape index (κ3) is 3.17. The summed E-state index contributed by atoms with van der Waals surface area (Å²) < 4.78 is 2.03. The first-order valence-electron chi connectivity index (χ1n) is 8.22. The van der Waals surface area contributed by atoms with Crippen LogP contribution in [0.15, 0.2) is 90.2 Å². The van der Waals surface area contributed by atoms with Crippen LogP contribution in [-0.2, 0) is 7.05 Å². The highest BCUT2D eigenvalue weighted by Crippen LogP contribution is 2.21. The van der Waals surface area contributed by atoms with Crippen molar-refractivity contribution in [3.05, 3.63) is 90.8 Å². The first-order chi connectivity index (χ1) is 12.3. The second kappa shape index (κ2) is 6.65. The third-order valence-electron chi connectivity index (χ3n) is 4.09. The zero-order valence-electron chi connectivity index (χ0n) is 14.0. The molecule has 0 aliphatic carbocycles. The van der Waals surface area contributed by atoms with Gasteiger partial charge in [0.05, 0.1) is 11.4 Å². The monoisotopic (exact) mass is 329 g/mol. The molecule has 5 heteroatoms. The molecule has 0 unspecified atom stereocenters. The first kappa shape index (κ1) is 15.2. The molecule has 1 radical (unpaired) electrons. The van der Waals surface area contributed by atoms with Gasteiger partial charge in [-0.1, -0.05) is 36.4 Å². The fourth-order valence-electron chi connectivity index (χ4n) is 2.78. The summed E-state index contributed by atoms with van der Waals surface area (Å²) in [7, 11) is 2.00. The summed E-state index contributed by atoms with van der Waals surface area (Å²) in [5.41, 5.74) is 7.81. The van der Waals surface area contributed by atoms with Crippen LogP contribution < -0.4 is 20.0 Å². The lowest BCUT2D eigenvalue weighted by molar-refractivity contribution is -0.672. The number of hydrazone groups is 1. The minimum atomic E-state index is 0.564. The molecule has 0 bridgehead atoms. The van der Waals surface area contributed by atoms with E-state index < -0.39 is 0 Å². The summed E-state index contributed by atoms with van der Waals surface area (Å²) in [6.45, 7) is 0.564. The van der Waals surface area contributed by atoms with E-state index in [1.807, 2.05) is 82.4 Å². The lowest BCUT2D eigenvalue weighted by atomic mass is 10.3. The topological polar surface area (TPSA) is 36.8 Å². The molecule has 25 heavy (non-hydrogen) atoms. The SMILES string of the molecule is C[n+]1ccccc1C1=NN(c2ccccc2)CN(c2ccccc2)[N]1. The van der Waals surface area contributed by atoms with E-state index in [-0.39, 0.29) is 0 Å². The Morgan fingerprint density at radius 1 is 0.760 bits per heavy atom. The lowest BCUT2D eigenvalue weighted by Gasteiger charge is -2.33. The number of hydrogen-bond donors (Lipinski definition) is 0. The molecular weight excluding hydrogens is 310 g/mol. The maximum absolute atomic E-state index is 4.78. The van der Waals surface area contributed by atoms with Crippen molar-refractivity contribution < 1.29 is 4.57 Å². The maximum Gasteiger partial charge on any atom is 0.263 e. The molecule has 1 aliphatic rings. The highest BCUT2D eigenvalue weighted by atomic mass is 15.7. The molecule has 3 aromatic rings. The number of para-hydroxylation sites is 2. The summed E-state index contributed by atoms with van der Waals surface area (Å²) in [4.78, 5) is 0. The molecule has 1 aromatic heterocycles. The van der Waals surface area contributed by atoms with Crippen molar-refractivity contribution in [2.45, 2.75) is 0 Å². The molecule has 0 N–H and O–H groups in total. The Hall–Kier alpha value is -3.34. The Balaban J connectivity index is 1.76. The van der Waals surface area contributed by atoms with Gasteiger partial charge in [0.2, 0.25) is 0 Å². The predicted octanol–water partition coefficient (Wildman–Crippen LogP) is 2.68. The largest absolute Gasteiger partial charge is 0.263 e. The minimum absolute atomic E-state index is 0.564. The average Bonchev–Trinajstić information content (AvgIpc) is 2.69. The molecule has 0 amide bonds. The van der Waals surface area contributed by atoms with Gasteiger partial charge in [-0.15, -0.1) is 10.5 Å². The molecule has 0 fully saturated rings. The van der Waals surface area contributed by atoms with Crippen molar-refractivity contribution in [2.75, 3.05) is 16.7 Å². The van der Waals surface area contributed by atoms with Gasteiger partial charge in [0.25, 0.3) is 11.5 Å². The predicted molar refractivity (Wildman–Crippen MR) is 99.0 cm³/mol. The zero-order valence-corrected chi connectivity index (χ0v) is 14.0. The Bertz CT molecular complexity index is 877. The normalized spacial score (nSPS) is 14.0. The number of nitrogens with zero attached hydrogens (tertiary/aromatic N) is 5. The van der Waals surface area contributed by atoms with Crippen molar-refractivity contribution in [1.29, 1.82) is 0 Å². The van der Waals surface area contributed by atoms with Crippen molar-refractivity contribution in [2.24, 2.45) is 12.1 Å². The average molecular weight is 329 g/mol. The molecular formula is C20H19N5+. The number of hydrogen-bond acceptors (Lipinski definition) is 3. The molecule has 0 atom stereocenters. The van der Waals surface area contributed by atoms with Crippen LogP contribution in [0.1, 0.15) is 5.69 Å². The smallest absolute Gasteiger partial charge is 0.241 e. The lowest BCUT2D eigenvalue weighted by Crippen LogP contribution is -2.51. The summed E-state index contributed by atoms with van der Waals surface area (Å²) in [6, 6.07) is 26.3. The van der Waals surface area contributed by atoms with Gasteiger partial charge in [0.15, 0.2) is 6.20 Å². The van der Waals surface area contributed by atoms with Crippen molar-refractivity contribution in [3.63, 3.8) is 0 Å². The number of benzene rings is 2. The van der Waals surface area contributed by atoms with E-state index in [9.17, 15) is 0 Å². The number of aromatic nitrogens is 1. The molecule has 0 saturated heterocycles. The van der Waals surface area contributed by atoms with Crippen LogP contribution in [0.25, 0.3) is 0 Å². The van der Waals surface area contributed by atoms with Crippen LogP contribution in [0.5, 0.6) is 0 Å². The number of pyridine rings is 1. The molecule has 4 rings (SSSR count). The molecule has 2 heterocycles. The molecule has 1 aliphatic heterocycles. The quantitative estimate of drug-likeness (QED) is 0.693. The molecule has 2 aromatic carbocycles. The van der Waals surface area contributed by atoms with Crippen LogP contribution in [0, 0.1) is 0 Å². The van der Waals surface area contributed by atoms with E-state index in [0.29, 0.717) is 12.5 Å². The van der Waals surface area contributed by atoms with Gasteiger partial charge in [-0.2, -0.15) is 4.57 Å². The molecule has 0 saturated carbocycles. The van der Waals surface area contributed by atoms with Gasteiger partial charge in [-0.05, 0) is 30.3 Å². The van der Waals surface area contributed by atoms with E-state index >= 15 is 0 Å². The fourth-order valence-corrected chi connectivity index (χ4v) is 2.78. The van der Waals surface area contributed by atoms with Crippen molar-refractivity contribution in [1.82, 2.24) is 5.43 Å². The Morgan fingerprint density at radius 3 is 2.00 bits per heavy atom. The van der Waals surface area contributed by atoms with E-state index in [0.717, 1.165) is 17.1 Å². The summed E-state index contributed by atoms with van der Waals surface area (Å²) in [6.07, 6.45) is 2.00. The molecule has 5 nitrogen and oxygen atoms in total. The third-order valence-corrected chi connectivity index (χ3v) is 4.09. The minimum Gasteiger partial charge on any atom is -0.241 e. The van der Waals surface area contributed by atoms with E-state index in [4.69, 9.17) is 10.5 Å².